The van der Waals surface area contributed by atoms with Gasteiger partial charge in [-0.3, -0.25) is 0 Å². The summed E-state index contributed by atoms with van der Waals surface area (Å²) in [5.74, 6) is 0.491. The predicted octanol–water partition coefficient (Wildman–Crippen LogP) is 4.20. The first kappa shape index (κ1) is 15.6. The van der Waals surface area contributed by atoms with Crippen molar-refractivity contribution < 1.29 is 13.9 Å². The summed E-state index contributed by atoms with van der Waals surface area (Å²) in [7, 11) is 0. The number of furan rings is 1. The highest BCUT2D eigenvalue weighted by Gasteiger charge is 2.14. The highest BCUT2D eigenvalue weighted by molar-refractivity contribution is 5.97. The van der Waals surface area contributed by atoms with E-state index in [0.717, 1.165) is 5.56 Å². The van der Waals surface area contributed by atoms with Crippen molar-refractivity contribution in [1.82, 2.24) is 0 Å². The minimum atomic E-state index is -0.630. The van der Waals surface area contributed by atoms with E-state index in [9.17, 15) is 4.79 Å². The number of carbonyl (C=O) groups excluding carboxylic acids is 1. The molecule has 2 aromatic rings. The molecule has 0 saturated carbocycles. The molecule has 0 unspecified atom stereocenters. The number of ether oxygens (including phenoxy) is 1. The smallest absolute Gasteiger partial charge is 0.349 e. The minimum absolute atomic E-state index is 0.0748. The summed E-state index contributed by atoms with van der Waals surface area (Å²) >= 11 is 0. The molecule has 4 heteroatoms. The molecule has 0 amide bonds. The van der Waals surface area contributed by atoms with Crippen molar-refractivity contribution >= 4 is 12.0 Å². The van der Waals surface area contributed by atoms with E-state index in [-0.39, 0.29) is 11.7 Å². The van der Waals surface area contributed by atoms with Gasteiger partial charge in [-0.15, -0.1) is 0 Å². The van der Waals surface area contributed by atoms with Crippen LogP contribution >= 0.6 is 0 Å². The summed E-state index contributed by atoms with van der Waals surface area (Å²) in [5.41, 5.74) is 0.858. The normalized spacial score (nSPS) is 12.5. The molecular weight excluding hydrogens is 278 g/mol. The number of carbonyl (C=O) groups is 1. The van der Waals surface area contributed by atoms with Crippen LogP contribution in [-0.2, 0) is 9.53 Å². The molecule has 112 valence electrons. The van der Waals surface area contributed by atoms with E-state index in [1.165, 1.54) is 6.08 Å². The maximum Gasteiger partial charge on any atom is 0.349 e. The van der Waals surface area contributed by atoms with Gasteiger partial charge in [0.05, 0.1) is 6.10 Å². The van der Waals surface area contributed by atoms with Gasteiger partial charge in [-0.2, -0.15) is 5.26 Å². The lowest BCUT2D eigenvalue weighted by Gasteiger charge is -2.09. The van der Waals surface area contributed by atoms with E-state index in [1.807, 2.05) is 43.3 Å². The third kappa shape index (κ3) is 3.86. The van der Waals surface area contributed by atoms with E-state index in [1.54, 1.807) is 19.1 Å². The summed E-state index contributed by atoms with van der Waals surface area (Å²) in [6, 6.07) is 15.0. The molecule has 1 atom stereocenters. The number of benzene rings is 1. The number of nitriles is 1. The van der Waals surface area contributed by atoms with Gasteiger partial charge >= 0.3 is 5.97 Å². The summed E-state index contributed by atoms with van der Waals surface area (Å²) < 4.78 is 10.8. The molecular formula is C18H17NO3. The summed E-state index contributed by atoms with van der Waals surface area (Å²) in [4.78, 5) is 11.9. The van der Waals surface area contributed by atoms with Crippen molar-refractivity contribution in [3.8, 4) is 17.4 Å². The average molecular weight is 295 g/mol. The van der Waals surface area contributed by atoms with Gasteiger partial charge in [-0.05, 0) is 25.5 Å². The Kier molecular flexibility index (Phi) is 5.16. The number of rotatable bonds is 5. The van der Waals surface area contributed by atoms with Crippen LogP contribution in [0.5, 0.6) is 0 Å². The summed E-state index contributed by atoms with van der Waals surface area (Å²) in [6.45, 7) is 3.69. The molecule has 1 aromatic carbocycles. The second-order valence-electron chi connectivity index (χ2n) is 4.86. The van der Waals surface area contributed by atoms with Crippen molar-refractivity contribution in [2.75, 3.05) is 0 Å². The first-order valence-electron chi connectivity index (χ1n) is 7.12. The second-order valence-corrected chi connectivity index (χ2v) is 4.86. The third-order valence-electron chi connectivity index (χ3n) is 3.20. The maximum atomic E-state index is 11.9. The van der Waals surface area contributed by atoms with Crippen molar-refractivity contribution in [3.05, 3.63) is 53.8 Å². The minimum Gasteiger partial charge on any atom is -0.459 e. The Morgan fingerprint density at radius 3 is 2.68 bits per heavy atom. The molecule has 0 aliphatic carbocycles. The quantitative estimate of drug-likeness (QED) is 0.471. The molecule has 1 heterocycles. The van der Waals surface area contributed by atoms with Crippen LogP contribution in [0.2, 0.25) is 0 Å². The van der Waals surface area contributed by atoms with E-state index in [4.69, 9.17) is 14.4 Å². The molecule has 4 nitrogen and oxygen atoms in total. The van der Waals surface area contributed by atoms with Crippen LogP contribution < -0.4 is 0 Å². The maximum absolute atomic E-state index is 11.9. The standard InChI is InChI=1S/C18H17NO3/c1-3-13(2)21-18(20)15(12-19)11-16-9-10-17(22-16)14-7-5-4-6-8-14/h4-11,13H,3H2,1-2H3/b15-11+/t13-/m0/s1. The fourth-order valence-corrected chi connectivity index (χ4v) is 1.80. The Morgan fingerprint density at radius 2 is 2.05 bits per heavy atom. The lowest BCUT2D eigenvalue weighted by atomic mass is 10.2. The molecule has 0 aliphatic heterocycles. The Hall–Kier alpha value is -2.80. The Labute approximate surface area is 129 Å². The predicted molar refractivity (Wildman–Crippen MR) is 83.6 cm³/mol. The van der Waals surface area contributed by atoms with Gasteiger partial charge in [-0.25, -0.2) is 4.79 Å². The number of nitrogens with zero attached hydrogens (tertiary/aromatic N) is 1. The van der Waals surface area contributed by atoms with E-state index in [0.29, 0.717) is 17.9 Å². The van der Waals surface area contributed by atoms with Crippen LogP contribution in [0.4, 0.5) is 0 Å². The van der Waals surface area contributed by atoms with Gasteiger partial charge in [0.15, 0.2) is 0 Å². The number of hydrogen-bond acceptors (Lipinski definition) is 4. The molecule has 0 fully saturated rings. The first-order chi connectivity index (χ1) is 10.6. The zero-order chi connectivity index (χ0) is 15.9. The molecule has 0 N–H and O–H groups in total. The van der Waals surface area contributed by atoms with Crippen molar-refractivity contribution in [1.29, 1.82) is 5.26 Å². The summed E-state index contributed by atoms with van der Waals surface area (Å²) in [5, 5.41) is 9.11. The number of esters is 1. The molecule has 0 radical (unpaired) electrons. The molecule has 0 aliphatic rings. The molecule has 0 spiro atoms. The van der Waals surface area contributed by atoms with Crippen LogP contribution in [-0.4, -0.2) is 12.1 Å². The summed E-state index contributed by atoms with van der Waals surface area (Å²) in [6.07, 6.45) is 1.88. The van der Waals surface area contributed by atoms with Crippen LogP contribution in [0.25, 0.3) is 17.4 Å². The molecule has 0 saturated heterocycles. The Morgan fingerprint density at radius 1 is 1.32 bits per heavy atom. The topological polar surface area (TPSA) is 63.2 Å². The van der Waals surface area contributed by atoms with Crippen molar-refractivity contribution in [2.45, 2.75) is 26.4 Å². The fourth-order valence-electron chi connectivity index (χ4n) is 1.80. The van der Waals surface area contributed by atoms with Gasteiger partial charge in [-0.1, -0.05) is 37.3 Å². The fraction of sp³-hybridized carbons (Fsp3) is 0.222. The van der Waals surface area contributed by atoms with Gasteiger partial charge in [0.2, 0.25) is 0 Å². The number of hydrogen-bond donors (Lipinski definition) is 0. The molecule has 22 heavy (non-hydrogen) atoms. The average Bonchev–Trinajstić information content (AvgIpc) is 3.01. The molecule has 2 rings (SSSR count). The molecule has 1 aromatic heterocycles. The van der Waals surface area contributed by atoms with E-state index >= 15 is 0 Å². The highest BCUT2D eigenvalue weighted by atomic mass is 16.5. The molecule has 0 bridgehead atoms. The Balaban J connectivity index is 2.19. The first-order valence-corrected chi connectivity index (χ1v) is 7.12. The lowest BCUT2D eigenvalue weighted by molar-refractivity contribution is -0.142. The largest absolute Gasteiger partial charge is 0.459 e. The monoisotopic (exact) mass is 295 g/mol. The zero-order valence-corrected chi connectivity index (χ0v) is 12.6. The zero-order valence-electron chi connectivity index (χ0n) is 12.6. The van der Waals surface area contributed by atoms with Crippen LogP contribution in [0.3, 0.4) is 0 Å². The van der Waals surface area contributed by atoms with E-state index < -0.39 is 5.97 Å². The van der Waals surface area contributed by atoms with Gasteiger partial charge < -0.3 is 9.15 Å². The third-order valence-corrected chi connectivity index (χ3v) is 3.20. The van der Waals surface area contributed by atoms with Crippen LogP contribution in [0.15, 0.2) is 52.5 Å². The highest BCUT2D eigenvalue weighted by Crippen LogP contribution is 2.23. The Bertz CT molecular complexity index is 707. The van der Waals surface area contributed by atoms with Crippen LogP contribution in [0.1, 0.15) is 26.0 Å². The van der Waals surface area contributed by atoms with Gasteiger partial charge in [0.1, 0.15) is 23.2 Å². The van der Waals surface area contributed by atoms with Gasteiger partial charge in [0.25, 0.3) is 0 Å². The van der Waals surface area contributed by atoms with Crippen molar-refractivity contribution in [3.63, 3.8) is 0 Å². The van der Waals surface area contributed by atoms with Crippen molar-refractivity contribution in [2.24, 2.45) is 0 Å². The second kappa shape index (κ2) is 7.28. The van der Waals surface area contributed by atoms with E-state index in [2.05, 4.69) is 0 Å². The lowest BCUT2D eigenvalue weighted by Crippen LogP contribution is -2.15. The SMILES string of the molecule is CC[C@H](C)OC(=O)/C(C#N)=C/c1ccc(-c2ccccc2)o1. The van der Waals surface area contributed by atoms with Gasteiger partial charge in [0, 0.05) is 11.6 Å². The van der Waals surface area contributed by atoms with Crippen LogP contribution in [0, 0.1) is 11.3 Å².